The lowest BCUT2D eigenvalue weighted by atomic mass is 10.3. The lowest BCUT2D eigenvalue weighted by Crippen LogP contribution is -2.33. The maximum absolute atomic E-state index is 12.5. The van der Waals surface area contributed by atoms with Crippen molar-refractivity contribution in [3.05, 3.63) is 24.3 Å². The number of aliphatic carboxylic acids is 1. The van der Waals surface area contributed by atoms with Gasteiger partial charge in [-0.25, -0.2) is 8.42 Å². The number of anilines is 1. The molecule has 0 atom stereocenters. The van der Waals surface area contributed by atoms with Gasteiger partial charge in [-0.05, 0) is 50.1 Å². The van der Waals surface area contributed by atoms with Gasteiger partial charge in [0, 0.05) is 31.7 Å². The Labute approximate surface area is 160 Å². The first-order valence-corrected chi connectivity index (χ1v) is 10.6. The van der Waals surface area contributed by atoms with Crippen LogP contribution in [0.25, 0.3) is 0 Å². The largest absolute Gasteiger partial charge is 0.480 e. The fourth-order valence-electron chi connectivity index (χ4n) is 3.05. The molecule has 0 spiro atoms. The highest BCUT2D eigenvalue weighted by molar-refractivity contribution is 7.89. The molecule has 1 saturated heterocycles. The number of carbonyl (C=O) groups is 2. The van der Waals surface area contributed by atoms with Crippen LogP contribution in [0.3, 0.4) is 0 Å². The molecule has 1 heterocycles. The molecule has 0 radical (unpaired) electrons. The van der Waals surface area contributed by atoms with Gasteiger partial charge in [-0.15, -0.1) is 0 Å². The van der Waals surface area contributed by atoms with Gasteiger partial charge in [0.15, 0.2) is 0 Å². The lowest BCUT2D eigenvalue weighted by Gasteiger charge is -2.19. The number of carboxylic acid groups (broad SMARTS) is 1. The van der Waals surface area contributed by atoms with E-state index in [1.165, 1.54) is 16.4 Å². The third kappa shape index (κ3) is 6.30. The predicted molar refractivity (Wildman–Crippen MR) is 102 cm³/mol. The van der Waals surface area contributed by atoms with Gasteiger partial charge in [-0.2, -0.15) is 4.31 Å². The van der Waals surface area contributed by atoms with E-state index in [1.807, 2.05) is 6.92 Å². The molecule has 1 amide bonds. The van der Waals surface area contributed by atoms with Crippen molar-refractivity contribution in [3.63, 3.8) is 0 Å². The molecule has 0 bridgehead atoms. The molecule has 1 aromatic rings. The van der Waals surface area contributed by atoms with Crippen molar-refractivity contribution >= 4 is 27.6 Å². The summed E-state index contributed by atoms with van der Waals surface area (Å²) in [4.78, 5) is 24.9. The summed E-state index contributed by atoms with van der Waals surface area (Å²) in [5.41, 5.74) is 0.514. The molecule has 9 heteroatoms. The van der Waals surface area contributed by atoms with E-state index < -0.39 is 16.0 Å². The normalized spacial score (nSPS) is 15.2. The zero-order valence-electron chi connectivity index (χ0n) is 15.6. The first-order chi connectivity index (χ1) is 12.8. The smallest absolute Gasteiger partial charge is 0.317 e. The number of hydrogen-bond acceptors (Lipinski definition) is 5. The van der Waals surface area contributed by atoms with Gasteiger partial charge >= 0.3 is 5.97 Å². The van der Waals surface area contributed by atoms with E-state index in [0.29, 0.717) is 31.9 Å². The van der Waals surface area contributed by atoms with Crippen molar-refractivity contribution < 1.29 is 23.1 Å². The Morgan fingerprint density at radius 1 is 1.15 bits per heavy atom. The number of sulfonamides is 1. The van der Waals surface area contributed by atoms with Crippen molar-refractivity contribution in [2.24, 2.45) is 0 Å². The number of nitrogens with zero attached hydrogens (tertiary/aromatic N) is 2. The van der Waals surface area contributed by atoms with E-state index >= 15 is 0 Å². The van der Waals surface area contributed by atoms with E-state index in [2.05, 4.69) is 5.32 Å². The Hall–Kier alpha value is -1.97. The molecule has 1 aromatic carbocycles. The van der Waals surface area contributed by atoms with Crippen LogP contribution in [0.1, 0.15) is 32.6 Å². The van der Waals surface area contributed by atoms with Crippen LogP contribution in [0.15, 0.2) is 29.2 Å². The number of carboxylic acids is 1. The summed E-state index contributed by atoms with van der Waals surface area (Å²) in [6, 6.07) is 6.14. The van der Waals surface area contributed by atoms with Crippen molar-refractivity contribution in [1.82, 2.24) is 9.21 Å². The van der Waals surface area contributed by atoms with Crippen molar-refractivity contribution in [1.29, 1.82) is 0 Å². The monoisotopic (exact) mass is 397 g/mol. The van der Waals surface area contributed by atoms with Gasteiger partial charge in [0.1, 0.15) is 0 Å². The van der Waals surface area contributed by atoms with Crippen LogP contribution in [0.2, 0.25) is 0 Å². The summed E-state index contributed by atoms with van der Waals surface area (Å²) in [6.45, 7) is 3.92. The van der Waals surface area contributed by atoms with Gasteiger partial charge in [0.25, 0.3) is 0 Å². The van der Waals surface area contributed by atoms with Crippen molar-refractivity contribution in [2.45, 2.75) is 37.5 Å². The third-order valence-electron chi connectivity index (χ3n) is 4.39. The third-order valence-corrected chi connectivity index (χ3v) is 6.31. The molecule has 8 nitrogen and oxygen atoms in total. The Balaban J connectivity index is 1.89. The summed E-state index contributed by atoms with van der Waals surface area (Å²) in [5, 5.41) is 11.6. The van der Waals surface area contributed by atoms with Crippen LogP contribution in [0.5, 0.6) is 0 Å². The number of amides is 1. The topological polar surface area (TPSA) is 107 Å². The first-order valence-electron chi connectivity index (χ1n) is 9.17. The molecule has 1 aliphatic heterocycles. The molecule has 0 aliphatic carbocycles. The van der Waals surface area contributed by atoms with E-state index in [-0.39, 0.29) is 23.8 Å². The summed E-state index contributed by atoms with van der Waals surface area (Å²) >= 11 is 0. The van der Waals surface area contributed by atoms with Gasteiger partial charge in [0.05, 0.1) is 11.4 Å². The number of hydrogen-bond donors (Lipinski definition) is 2. The molecular weight excluding hydrogens is 370 g/mol. The van der Waals surface area contributed by atoms with Crippen LogP contribution < -0.4 is 5.32 Å². The quantitative estimate of drug-likeness (QED) is 0.621. The highest BCUT2D eigenvalue weighted by atomic mass is 32.2. The fourth-order valence-corrected chi connectivity index (χ4v) is 4.57. The Kier molecular flexibility index (Phi) is 7.76. The summed E-state index contributed by atoms with van der Waals surface area (Å²) in [7, 11) is -3.46. The Morgan fingerprint density at radius 2 is 1.78 bits per heavy atom. The minimum absolute atomic E-state index is 0.0931. The zero-order valence-corrected chi connectivity index (χ0v) is 16.4. The average molecular weight is 397 g/mol. The minimum atomic E-state index is -3.46. The average Bonchev–Trinajstić information content (AvgIpc) is 3.15. The van der Waals surface area contributed by atoms with Crippen LogP contribution in [-0.2, 0) is 19.6 Å². The second kappa shape index (κ2) is 9.82. The lowest BCUT2D eigenvalue weighted by molar-refractivity contribution is -0.138. The molecule has 0 unspecified atom stereocenters. The van der Waals surface area contributed by atoms with E-state index in [9.17, 15) is 18.0 Å². The van der Waals surface area contributed by atoms with Crippen molar-refractivity contribution in [3.8, 4) is 0 Å². The summed E-state index contributed by atoms with van der Waals surface area (Å²) in [5.74, 6) is -1.16. The standard InChI is InChI=1S/C18H27N3O5S/c1-2-10-20(14-18(23)24)13-9-17(22)19-15-5-7-16(8-6-15)27(25,26)21-11-3-4-12-21/h5-8H,2-4,9-14H2,1H3,(H,19,22)(H,23,24). The number of carbonyl (C=O) groups excluding carboxylic acids is 1. The second-order valence-electron chi connectivity index (χ2n) is 6.60. The van der Waals surface area contributed by atoms with Crippen LogP contribution in [-0.4, -0.2) is 67.3 Å². The Bertz CT molecular complexity index is 743. The van der Waals surface area contributed by atoms with E-state index in [4.69, 9.17) is 5.11 Å². The number of benzene rings is 1. The molecule has 0 saturated carbocycles. The SMILES string of the molecule is CCCN(CCC(=O)Nc1ccc(S(=O)(=O)N2CCCC2)cc1)CC(=O)O. The molecular formula is C18H27N3O5S. The zero-order chi connectivity index (χ0) is 19.9. The van der Waals surface area contributed by atoms with Crippen LogP contribution in [0.4, 0.5) is 5.69 Å². The Morgan fingerprint density at radius 3 is 2.33 bits per heavy atom. The van der Waals surface area contributed by atoms with E-state index in [0.717, 1.165) is 19.3 Å². The molecule has 2 rings (SSSR count). The highest BCUT2D eigenvalue weighted by Crippen LogP contribution is 2.22. The van der Waals surface area contributed by atoms with Gasteiger partial charge in [0.2, 0.25) is 15.9 Å². The summed E-state index contributed by atoms with van der Waals surface area (Å²) in [6.07, 6.45) is 2.73. The molecule has 150 valence electrons. The number of rotatable bonds is 10. The fraction of sp³-hybridized carbons (Fsp3) is 0.556. The molecule has 2 N–H and O–H groups in total. The first kappa shape index (κ1) is 21.3. The molecule has 0 aromatic heterocycles. The van der Waals surface area contributed by atoms with Gasteiger partial charge in [-0.3, -0.25) is 14.5 Å². The maximum atomic E-state index is 12.5. The molecule has 1 aliphatic rings. The number of nitrogens with one attached hydrogen (secondary N) is 1. The minimum Gasteiger partial charge on any atom is -0.480 e. The van der Waals surface area contributed by atoms with Gasteiger partial charge < -0.3 is 10.4 Å². The van der Waals surface area contributed by atoms with Crippen LogP contribution in [0, 0.1) is 0 Å². The molecule has 27 heavy (non-hydrogen) atoms. The second-order valence-corrected chi connectivity index (χ2v) is 8.54. The van der Waals surface area contributed by atoms with Gasteiger partial charge in [-0.1, -0.05) is 6.92 Å². The highest BCUT2D eigenvalue weighted by Gasteiger charge is 2.26. The van der Waals surface area contributed by atoms with Crippen molar-refractivity contribution in [2.75, 3.05) is 38.0 Å². The predicted octanol–water partition coefficient (Wildman–Crippen LogP) is 1.60. The van der Waals surface area contributed by atoms with Crippen LogP contribution >= 0.6 is 0 Å². The maximum Gasteiger partial charge on any atom is 0.317 e. The van der Waals surface area contributed by atoms with E-state index in [1.54, 1.807) is 17.0 Å². The molecule has 1 fully saturated rings. The summed E-state index contributed by atoms with van der Waals surface area (Å²) < 4.78 is 26.4.